The van der Waals surface area contributed by atoms with Crippen LogP contribution >= 0.6 is 0 Å². The molecule has 8 aliphatic carbocycles. The van der Waals surface area contributed by atoms with Crippen LogP contribution < -0.4 is 0 Å². The van der Waals surface area contributed by atoms with Gasteiger partial charge in [-0.15, -0.1) is 0 Å². The quantitative estimate of drug-likeness (QED) is 0.330. The number of fused-ring (bicyclic) bond motifs is 9. The second-order valence-corrected chi connectivity index (χ2v) is 13.5. The number of hydrogen-bond donors (Lipinski definition) is 0. The molecule has 0 saturated heterocycles. The van der Waals surface area contributed by atoms with E-state index in [1.165, 1.54) is 38.5 Å². The van der Waals surface area contributed by atoms with Crippen molar-refractivity contribution in [3.8, 4) is 6.07 Å². The lowest BCUT2D eigenvalue weighted by atomic mass is 9.55. The predicted octanol–water partition coefficient (Wildman–Crippen LogP) is 4.85. The van der Waals surface area contributed by atoms with E-state index in [9.17, 15) is 9.59 Å². The van der Waals surface area contributed by atoms with E-state index in [0.29, 0.717) is 47.3 Å². The van der Waals surface area contributed by atoms with Gasteiger partial charge < -0.3 is 9.47 Å². The van der Waals surface area contributed by atoms with Crippen molar-refractivity contribution >= 4 is 11.9 Å². The Morgan fingerprint density at radius 3 is 1.85 bits per heavy atom. The van der Waals surface area contributed by atoms with Gasteiger partial charge in [0.15, 0.2) is 0 Å². The normalized spacial score (nSPS) is 55.3. The summed E-state index contributed by atoms with van der Waals surface area (Å²) in [5, 5.41) is 8.91. The zero-order valence-electron chi connectivity index (χ0n) is 20.6. The Morgan fingerprint density at radius 2 is 1.29 bits per heavy atom. The molecule has 8 fully saturated rings. The first-order valence-corrected chi connectivity index (χ1v) is 14.2. The van der Waals surface area contributed by atoms with Gasteiger partial charge in [0.2, 0.25) is 0 Å². The summed E-state index contributed by atoms with van der Waals surface area (Å²) in [6.45, 7) is 4.94. The summed E-state index contributed by atoms with van der Waals surface area (Å²) in [5.41, 5.74) is 0. The van der Waals surface area contributed by atoms with Gasteiger partial charge in [-0.2, -0.15) is 5.26 Å². The molecule has 0 heterocycles. The van der Waals surface area contributed by atoms with Gasteiger partial charge in [-0.25, -0.2) is 0 Å². The SMILES string of the molecule is CC1C(C)C2CC1C1C3CC(C(C(=O)OC4C5CC6CC(C5)CC4C6)C3C(=O)OCCC#N)C21. The number of ether oxygens (including phenoxy) is 2. The maximum atomic E-state index is 13.9. The molecule has 10 unspecified atom stereocenters. The van der Waals surface area contributed by atoms with Crippen LogP contribution in [-0.4, -0.2) is 24.6 Å². The maximum absolute atomic E-state index is 13.9. The molecule has 0 aromatic heterocycles. The second-order valence-electron chi connectivity index (χ2n) is 13.5. The van der Waals surface area contributed by atoms with Crippen molar-refractivity contribution in [3.05, 3.63) is 0 Å². The van der Waals surface area contributed by atoms with E-state index in [-0.39, 0.29) is 54.7 Å². The van der Waals surface area contributed by atoms with E-state index >= 15 is 0 Å². The minimum absolute atomic E-state index is 0.0736. The molecule has 0 amide bonds. The molecule has 8 bridgehead atoms. The van der Waals surface area contributed by atoms with Gasteiger partial charge in [0.25, 0.3) is 0 Å². The Balaban J connectivity index is 1.15. The highest BCUT2D eigenvalue weighted by molar-refractivity contribution is 5.84. The van der Waals surface area contributed by atoms with Gasteiger partial charge in [0.1, 0.15) is 12.7 Å². The van der Waals surface area contributed by atoms with Gasteiger partial charge in [-0.1, -0.05) is 13.8 Å². The molecule has 0 radical (unpaired) electrons. The molecule has 0 spiro atoms. The molecule has 8 rings (SSSR count). The summed E-state index contributed by atoms with van der Waals surface area (Å²) in [6.07, 6.45) is 8.84. The first-order valence-electron chi connectivity index (χ1n) is 14.2. The van der Waals surface area contributed by atoms with E-state index < -0.39 is 0 Å². The van der Waals surface area contributed by atoms with Crippen molar-refractivity contribution in [2.45, 2.75) is 71.3 Å². The third kappa shape index (κ3) is 2.89. The number of nitrogens with zero attached hydrogens (tertiary/aromatic N) is 1. The molecular weight excluding hydrogens is 426 g/mol. The highest BCUT2D eigenvalue weighted by atomic mass is 16.5. The summed E-state index contributed by atoms with van der Waals surface area (Å²) in [7, 11) is 0. The van der Waals surface area contributed by atoms with Crippen molar-refractivity contribution in [1.82, 2.24) is 0 Å². The third-order valence-electron chi connectivity index (χ3n) is 12.4. The molecule has 184 valence electrons. The summed E-state index contributed by atoms with van der Waals surface area (Å²) in [5.74, 6) is 6.24. The Morgan fingerprint density at radius 1 is 0.765 bits per heavy atom. The Hall–Kier alpha value is -1.57. The molecule has 8 saturated carbocycles. The lowest BCUT2D eigenvalue weighted by Gasteiger charge is -2.54. The topological polar surface area (TPSA) is 76.4 Å². The Labute approximate surface area is 203 Å². The fraction of sp³-hybridized carbons (Fsp3) is 0.897. The molecule has 0 aliphatic heterocycles. The van der Waals surface area contributed by atoms with Crippen molar-refractivity contribution in [3.63, 3.8) is 0 Å². The number of carbonyl (C=O) groups is 2. The van der Waals surface area contributed by atoms with Gasteiger partial charge in [0, 0.05) is 0 Å². The third-order valence-corrected chi connectivity index (χ3v) is 12.4. The molecule has 5 heteroatoms. The number of nitriles is 1. The molecule has 8 aliphatic rings. The standard InChI is InChI=1S/C29H39NO4/c1-13-14(2)20-11-19(13)23-21-12-22(24(20)23)26(25(21)28(31)33-5-3-4-30)29(32)34-27-17-7-15-6-16(9-17)10-18(27)8-15/h13-27H,3,5-12H2,1-2H3. The van der Waals surface area contributed by atoms with Crippen LogP contribution in [-0.2, 0) is 19.1 Å². The molecule has 10 atom stereocenters. The summed E-state index contributed by atoms with van der Waals surface area (Å²) >= 11 is 0. The molecule has 34 heavy (non-hydrogen) atoms. The van der Waals surface area contributed by atoms with Gasteiger partial charge in [-0.3, -0.25) is 9.59 Å². The van der Waals surface area contributed by atoms with Crippen LogP contribution in [0.3, 0.4) is 0 Å². The molecular formula is C29H39NO4. The first-order chi connectivity index (χ1) is 16.5. The maximum Gasteiger partial charge on any atom is 0.310 e. The van der Waals surface area contributed by atoms with Crippen LogP contribution in [0.4, 0.5) is 0 Å². The van der Waals surface area contributed by atoms with E-state index in [1.54, 1.807) is 0 Å². The van der Waals surface area contributed by atoms with Crippen molar-refractivity contribution < 1.29 is 19.1 Å². The van der Waals surface area contributed by atoms with Gasteiger partial charge >= 0.3 is 11.9 Å². The van der Waals surface area contributed by atoms with E-state index in [0.717, 1.165) is 18.3 Å². The summed E-state index contributed by atoms with van der Waals surface area (Å²) < 4.78 is 12.0. The minimum Gasteiger partial charge on any atom is -0.464 e. The monoisotopic (exact) mass is 465 g/mol. The lowest BCUT2D eigenvalue weighted by molar-refractivity contribution is -0.185. The van der Waals surface area contributed by atoms with Crippen LogP contribution in [0.15, 0.2) is 0 Å². The van der Waals surface area contributed by atoms with Crippen molar-refractivity contribution in [2.24, 2.45) is 82.9 Å². The van der Waals surface area contributed by atoms with Gasteiger partial charge in [0.05, 0.1) is 24.3 Å². The predicted molar refractivity (Wildman–Crippen MR) is 124 cm³/mol. The Bertz CT molecular complexity index is 896. The van der Waals surface area contributed by atoms with Crippen molar-refractivity contribution in [1.29, 1.82) is 5.26 Å². The number of carbonyl (C=O) groups excluding carboxylic acids is 2. The van der Waals surface area contributed by atoms with E-state index in [2.05, 4.69) is 19.9 Å². The fourth-order valence-corrected chi connectivity index (χ4v) is 11.5. The van der Waals surface area contributed by atoms with Crippen LogP contribution in [0.25, 0.3) is 0 Å². The molecule has 0 aromatic carbocycles. The summed E-state index contributed by atoms with van der Waals surface area (Å²) in [6, 6.07) is 2.07. The second kappa shape index (κ2) is 7.71. The van der Waals surface area contributed by atoms with E-state index in [1.807, 2.05) is 0 Å². The number of esters is 2. The zero-order valence-corrected chi connectivity index (χ0v) is 20.6. The highest BCUT2D eigenvalue weighted by Crippen LogP contribution is 2.73. The van der Waals surface area contributed by atoms with E-state index in [4.69, 9.17) is 14.7 Å². The van der Waals surface area contributed by atoms with Crippen LogP contribution in [0.5, 0.6) is 0 Å². The smallest absolute Gasteiger partial charge is 0.310 e. The molecule has 5 nitrogen and oxygen atoms in total. The van der Waals surface area contributed by atoms with Crippen LogP contribution in [0.2, 0.25) is 0 Å². The average molecular weight is 466 g/mol. The fourth-order valence-electron chi connectivity index (χ4n) is 11.5. The summed E-state index contributed by atoms with van der Waals surface area (Å²) in [4.78, 5) is 27.3. The Kier molecular flexibility index (Phi) is 4.92. The largest absolute Gasteiger partial charge is 0.464 e. The lowest BCUT2D eigenvalue weighted by Crippen LogP contribution is -2.52. The van der Waals surface area contributed by atoms with Crippen LogP contribution in [0, 0.1) is 94.2 Å². The average Bonchev–Trinajstić information content (AvgIpc) is 3.54. The minimum atomic E-state index is -0.365. The van der Waals surface area contributed by atoms with Gasteiger partial charge in [-0.05, 0) is 116 Å². The molecule has 0 aromatic rings. The number of hydrogen-bond acceptors (Lipinski definition) is 5. The van der Waals surface area contributed by atoms with Crippen molar-refractivity contribution in [2.75, 3.05) is 6.61 Å². The molecule has 0 N–H and O–H groups in total. The number of rotatable bonds is 5. The first kappa shape index (κ1) is 21.7. The van der Waals surface area contributed by atoms with Crippen LogP contribution in [0.1, 0.15) is 65.2 Å². The highest BCUT2D eigenvalue weighted by Gasteiger charge is 2.71. The zero-order chi connectivity index (χ0) is 23.3.